The minimum Gasteiger partial charge on any atom is -0.475 e. The molecule has 0 spiro atoms. The lowest BCUT2D eigenvalue weighted by Gasteiger charge is -2.24. The number of carbonyl (C=O) groups is 1. The summed E-state index contributed by atoms with van der Waals surface area (Å²) in [7, 11) is 1.90. The molecule has 0 unspecified atom stereocenters. The molecule has 0 fully saturated rings. The van der Waals surface area contributed by atoms with Crippen LogP contribution in [0.25, 0.3) is 22.5 Å². The molecule has 3 aromatic heterocycles. The normalized spacial score (nSPS) is 11.1. The number of hydrogen-bond donors (Lipinski definition) is 1. The van der Waals surface area contributed by atoms with Gasteiger partial charge in [0.2, 0.25) is 11.5 Å². The van der Waals surface area contributed by atoms with Crippen LogP contribution in [0.2, 0.25) is 0 Å². The lowest BCUT2D eigenvalue weighted by atomic mass is 10.2. The Morgan fingerprint density at radius 3 is 2.74 bits per heavy atom. The van der Waals surface area contributed by atoms with Gasteiger partial charge in [-0.15, -0.1) is 0 Å². The van der Waals surface area contributed by atoms with Crippen LogP contribution >= 0.6 is 0 Å². The van der Waals surface area contributed by atoms with Gasteiger partial charge >= 0.3 is 5.97 Å². The van der Waals surface area contributed by atoms with E-state index in [2.05, 4.69) is 15.0 Å². The topological polar surface area (TPSA) is 92.4 Å². The van der Waals surface area contributed by atoms with Gasteiger partial charge in [0.15, 0.2) is 5.82 Å². The van der Waals surface area contributed by atoms with Crippen molar-refractivity contribution in [2.45, 2.75) is 19.9 Å². The van der Waals surface area contributed by atoms with Crippen LogP contribution < -0.4 is 4.90 Å². The van der Waals surface area contributed by atoms with Crippen LogP contribution in [-0.4, -0.2) is 39.1 Å². The Bertz CT molecular complexity index is 858. The first-order valence-electron chi connectivity index (χ1n) is 7.15. The van der Waals surface area contributed by atoms with Crippen LogP contribution in [0.3, 0.4) is 0 Å². The number of pyridine rings is 1. The summed E-state index contributed by atoms with van der Waals surface area (Å²) >= 11 is 0. The summed E-state index contributed by atoms with van der Waals surface area (Å²) in [5.41, 5.74) is 2.06. The molecular formula is C16H16N4O3. The minimum absolute atomic E-state index is 0.179. The number of carboxylic acid groups (broad SMARTS) is 1. The molecule has 3 heterocycles. The molecule has 118 valence electrons. The smallest absolute Gasteiger partial charge is 0.371 e. The predicted octanol–water partition coefficient (Wildman–Crippen LogP) is 2.83. The highest BCUT2D eigenvalue weighted by Crippen LogP contribution is 2.30. The maximum Gasteiger partial charge on any atom is 0.371 e. The summed E-state index contributed by atoms with van der Waals surface area (Å²) in [6.45, 7) is 4.06. The Morgan fingerprint density at radius 2 is 2.13 bits per heavy atom. The fourth-order valence-corrected chi connectivity index (χ4v) is 2.14. The zero-order valence-corrected chi connectivity index (χ0v) is 13.0. The van der Waals surface area contributed by atoms with Crippen molar-refractivity contribution in [2.75, 3.05) is 11.9 Å². The van der Waals surface area contributed by atoms with E-state index in [1.54, 1.807) is 12.4 Å². The zero-order valence-electron chi connectivity index (χ0n) is 13.0. The molecule has 7 nitrogen and oxygen atoms in total. The second-order valence-electron chi connectivity index (χ2n) is 5.45. The van der Waals surface area contributed by atoms with E-state index in [1.165, 1.54) is 6.07 Å². The number of furan rings is 1. The van der Waals surface area contributed by atoms with Crippen molar-refractivity contribution in [2.24, 2.45) is 0 Å². The lowest BCUT2D eigenvalue weighted by molar-refractivity contribution is 0.0664. The number of fused-ring (bicyclic) bond motifs is 1. The lowest BCUT2D eigenvalue weighted by Crippen LogP contribution is -2.27. The van der Waals surface area contributed by atoms with E-state index < -0.39 is 5.97 Å². The maximum atomic E-state index is 11.1. The van der Waals surface area contributed by atoms with Crippen LogP contribution in [-0.2, 0) is 0 Å². The summed E-state index contributed by atoms with van der Waals surface area (Å²) in [4.78, 5) is 26.2. The van der Waals surface area contributed by atoms with Crippen molar-refractivity contribution in [3.05, 3.63) is 36.4 Å². The number of nitrogens with zero attached hydrogens (tertiary/aromatic N) is 4. The number of aromatic carboxylic acids is 1. The van der Waals surface area contributed by atoms with Gasteiger partial charge in [-0.25, -0.2) is 9.78 Å². The first kappa shape index (κ1) is 15.0. The van der Waals surface area contributed by atoms with E-state index in [0.717, 1.165) is 5.56 Å². The van der Waals surface area contributed by atoms with Gasteiger partial charge in [0.25, 0.3) is 0 Å². The van der Waals surface area contributed by atoms with E-state index in [1.807, 2.05) is 37.9 Å². The molecule has 0 saturated carbocycles. The summed E-state index contributed by atoms with van der Waals surface area (Å²) < 4.78 is 5.28. The Hall–Kier alpha value is -2.96. The van der Waals surface area contributed by atoms with Gasteiger partial charge < -0.3 is 14.4 Å². The molecule has 3 rings (SSSR count). The molecule has 0 aliphatic rings. The number of hydrogen-bond acceptors (Lipinski definition) is 6. The van der Waals surface area contributed by atoms with Gasteiger partial charge in [-0.05, 0) is 26.0 Å². The SMILES string of the molecule is CC(C)N(C)c1nc2oc(C(=O)O)cc2nc1-c1cccnc1. The third-order valence-corrected chi connectivity index (χ3v) is 3.60. The number of anilines is 1. The van der Waals surface area contributed by atoms with Crippen LogP contribution in [0.5, 0.6) is 0 Å². The van der Waals surface area contributed by atoms with Crippen LogP contribution in [0.15, 0.2) is 35.0 Å². The second kappa shape index (κ2) is 5.68. The number of carboxylic acids is 1. The predicted molar refractivity (Wildman–Crippen MR) is 85.5 cm³/mol. The maximum absolute atomic E-state index is 11.1. The second-order valence-corrected chi connectivity index (χ2v) is 5.45. The summed E-state index contributed by atoms with van der Waals surface area (Å²) in [6, 6.07) is 5.27. The van der Waals surface area contributed by atoms with Gasteiger partial charge in [-0.1, -0.05) is 0 Å². The fourth-order valence-electron chi connectivity index (χ4n) is 2.14. The molecule has 0 radical (unpaired) electrons. The molecule has 1 N–H and O–H groups in total. The Morgan fingerprint density at radius 1 is 1.35 bits per heavy atom. The van der Waals surface area contributed by atoms with Gasteiger partial charge in [0.05, 0.1) is 0 Å². The number of rotatable bonds is 4. The van der Waals surface area contributed by atoms with Crippen LogP contribution in [0.1, 0.15) is 24.4 Å². The summed E-state index contributed by atoms with van der Waals surface area (Å²) in [5.74, 6) is -0.709. The van der Waals surface area contributed by atoms with Crippen molar-refractivity contribution in [3.63, 3.8) is 0 Å². The summed E-state index contributed by atoms with van der Waals surface area (Å²) in [6.07, 6.45) is 3.38. The molecule has 0 aliphatic heterocycles. The highest BCUT2D eigenvalue weighted by molar-refractivity contribution is 5.90. The van der Waals surface area contributed by atoms with Crippen LogP contribution in [0.4, 0.5) is 5.82 Å². The average Bonchev–Trinajstić information content (AvgIpc) is 2.97. The quantitative estimate of drug-likeness (QED) is 0.791. The van der Waals surface area contributed by atoms with Crippen molar-refractivity contribution < 1.29 is 14.3 Å². The first-order chi connectivity index (χ1) is 11.0. The highest BCUT2D eigenvalue weighted by Gasteiger charge is 2.20. The first-order valence-corrected chi connectivity index (χ1v) is 7.15. The average molecular weight is 312 g/mol. The molecule has 0 aliphatic carbocycles. The third-order valence-electron chi connectivity index (χ3n) is 3.60. The molecule has 7 heteroatoms. The molecule has 3 aromatic rings. The molecule has 0 aromatic carbocycles. The Balaban J connectivity index is 2.26. The molecule has 0 atom stereocenters. The van der Waals surface area contributed by atoms with E-state index in [9.17, 15) is 4.79 Å². The van der Waals surface area contributed by atoms with E-state index in [-0.39, 0.29) is 17.5 Å². The minimum atomic E-state index is -1.15. The van der Waals surface area contributed by atoms with Gasteiger partial charge in [0.1, 0.15) is 11.2 Å². The standard InChI is InChI=1S/C16H16N4O3/c1-9(2)20(3)14-13(10-5-4-6-17-8-10)18-11-7-12(16(21)22)23-15(11)19-14/h4-9H,1-3H3,(H,21,22). The van der Waals surface area contributed by atoms with Gasteiger partial charge in [0, 0.05) is 37.1 Å². The van der Waals surface area contributed by atoms with Gasteiger partial charge in [-0.2, -0.15) is 4.98 Å². The van der Waals surface area contributed by atoms with E-state index in [4.69, 9.17) is 9.52 Å². The third kappa shape index (κ3) is 2.73. The van der Waals surface area contributed by atoms with Crippen molar-refractivity contribution in [1.82, 2.24) is 15.0 Å². The van der Waals surface area contributed by atoms with Crippen molar-refractivity contribution in [3.8, 4) is 11.3 Å². The molecule has 0 bridgehead atoms. The van der Waals surface area contributed by atoms with Crippen molar-refractivity contribution >= 4 is 23.0 Å². The van der Waals surface area contributed by atoms with Crippen molar-refractivity contribution in [1.29, 1.82) is 0 Å². The highest BCUT2D eigenvalue weighted by atomic mass is 16.4. The van der Waals surface area contributed by atoms with Gasteiger partial charge in [-0.3, -0.25) is 4.98 Å². The van der Waals surface area contributed by atoms with E-state index in [0.29, 0.717) is 17.0 Å². The molecule has 0 amide bonds. The molecule has 23 heavy (non-hydrogen) atoms. The summed E-state index contributed by atoms with van der Waals surface area (Å²) in [5, 5.41) is 9.07. The molecule has 0 saturated heterocycles. The Kier molecular flexibility index (Phi) is 3.69. The van der Waals surface area contributed by atoms with E-state index >= 15 is 0 Å². The zero-order chi connectivity index (χ0) is 16.6. The molecular weight excluding hydrogens is 296 g/mol. The van der Waals surface area contributed by atoms with Crippen LogP contribution in [0, 0.1) is 0 Å². The monoisotopic (exact) mass is 312 g/mol. The fraction of sp³-hybridized carbons (Fsp3) is 0.250. The largest absolute Gasteiger partial charge is 0.475 e. The number of aromatic nitrogens is 3. The Labute approximate surface area is 132 Å².